The number of hydrogen-bond donors (Lipinski definition) is 0. The van der Waals surface area contributed by atoms with E-state index < -0.39 is 0 Å². The normalized spacial score (nSPS) is 27.0. The van der Waals surface area contributed by atoms with Gasteiger partial charge in [0.25, 0.3) is 0 Å². The first-order valence-corrected chi connectivity index (χ1v) is 6.39. The predicted octanol–water partition coefficient (Wildman–Crippen LogP) is 4.30. The molecule has 1 aliphatic rings. The Morgan fingerprint density at radius 2 is 1.81 bits per heavy atom. The van der Waals surface area contributed by atoms with Crippen molar-refractivity contribution in [2.75, 3.05) is 0 Å². The van der Waals surface area contributed by atoms with Crippen LogP contribution in [0.25, 0.3) is 0 Å². The Hall–Kier alpha value is -0.790. The Morgan fingerprint density at radius 3 is 2.25 bits per heavy atom. The van der Waals surface area contributed by atoms with Crippen molar-refractivity contribution in [3.05, 3.63) is 17.8 Å². The molecule has 0 unspecified atom stereocenters. The van der Waals surface area contributed by atoms with Gasteiger partial charge < -0.3 is 4.42 Å². The zero-order valence-corrected chi connectivity index (χ0v) is 10.9. The van der Waals surface area contributed by atoms with E-state index in [1.54, 1.807) is 0 Å². The fourth-order valence-corrected chi connectivity index (χ4v) is 2.77. The molecule has 2 rings (SSSR count). The fourth-order valence-electron chi connectivity index (χ4n) is 2.77. The number of rotatable bonds is 1. The Bertz CT molecular complexity index is 340. The molecule has 0 atom stereocenters. The minimum absolute atomic E-state index is 0.456. The van der Waals surface area contributed by atoms with Gasteiger partial charge in [0.05, 0.1) is 6.20 Å². The van der Waals surface area contributed by atoms with Gasteiger partial charge >= 0.3 is 0 Å². The minimum atomic E-state index is 0.456. The Morgan fingerprint density at radius 1 is 1.19 bits per heavy atom. The molecule has 1 aliphatic carbocycles. The van der Waals surface area contributed by atoms with Gasteiger partial charge in [-0.05, 0) is 43.9 Å². The van der Waals surface area contributed by atoms with Gasteiger partial charge in [-0.2, -0.15) is 0 Å². The zero-order chi connectivity index (χ0) is 11.8. The second-order valence-corrected chi connectivity index (χ2v) is 6.22. The van der Waals surface area contributed by atoms with Crippen LogP contribution in [0.5, 0.6) is 0 Å². The van der Waals surface area contributed by atoms with Crippen LogP contribution in [0, 0.1) is 18.3 Å². The van der Waals surface area contributed by atoms with Gasteiger partial charge in [0.15, 0.2) is 5.89 Å². The quantitative estimate of drug-likeness (QED) is 0.706. The third kappa shape index (κ3) is 2.47. The summed E-state index contributed by atoms with van der Waals surface area (Å²) < 4.78 is 5.63. The van der Waals surface area contributed by atoms with Crippen LogP contribution in [0.3, 0.4) is 0 Å². The second-order valence-electron chi connectivity index (χ2n) is 6.22. The maximum absolute atomic E-state index is 5.63. The van der Waals surface area contributed by atoms with Crippen LogP contribution in [0.1, 0.15) is 64.0 Å². The van der Waals surface area contributed by atoms with Crippen molar-refractivity contribution in [3.8, 4) is 0 Å². The predicted molar refractivity (Wildman–Crippen MR) is 65.4 cm³/mol. The van der Waals surface area contributed by atoms with Crippen molar-refractivity contribution in [3.63, 3.8) is 0 Å². The highest BCUT2D eigenvalue weighted by atomic mass is 16.4. The molecular formula is C14H23NO. The van der Waals surface area contributed by atoms with Gasteiger partial charge in [0.1, 0.15) is 5.76 Å². The zero-order valence-electron chi connectivity index (χ0n) is 10.9. The molecule has 0 spiro atoms. The molecule has 90 valence electrons. The highest BCUT2D eigenvalue weighted by Crippen LogP contribution is 2.42. The molecule has 0 bridgehead atoms. The molecule has 0 amide bonds. The number of aromatic nitrogens is 1. The first-order chi connectivity index (χ1) is 7.47. The molecule has 16 heavy (non-hydrogen) atoms. The monoisotopic (exact) mass is 221 g/mol. The smallest absolute Gasteiger partial charge is 0.197 e. The fraction of sp³-hybridized carbons (Fsp3) is 0.786. The van der Waals surface area contributed by atoms with E-state index in [-0.39, 0.29) is 0 Å². The van der Waals surface area contributed by atoms with Crippen LogP contribution >= 0.6 is 0 Å². The summed E-state index contributed by atoms with van der Waals surface area (Å²) in [4.78, 5) is 4.36. The summed E-state index contributed by atoms with van der Waals surface area (Å²) in [6, 6.07) is 0. The number of hydrogen-bond acceptors (Lipinski definition) is 2. The lowest BCUT2D eigenvalue weighted by Gasteiger charge is -2.36. The van der Waals surface area contributed by atoms with Gasteiger partial charge in [-0.15, -0.1) is 0 Å². The van der Waals surface area contributed by atoms with Crippen LogP contribution in [-0.2, 0) is 0 Å². The van der Waals surface area contributed by atoms with E-state index in [2.05, 4.69) is 25.8 Å². The van der Waals surface area contributed by atoms with Gasteiger partial charge in [0, 0.05) is 5.92 Å². The molecule has 0 N–H and O–H groups in total. The van der Waals surface area contributed by atoms with Gasteiger partial charge in [-0.1, -0.05) is 20.8 Å². The Balaban J connectivity index is 1.95. The summed E-state index contributed by atoms with van der Waals surface area (Å²) in [5.41, 5.74) is 0.456. The molecule has 2 nitrogen and oxygen atoms in total. The van der Waals surface area contributed by atoms with Gasteiger partial charge in [-0.25, -0.2) is 4.98 Å². The standard InChI is InChI=1S/C14H23NO/c1-10-9-15-13(16-10)11-5-7-12(8-6-11)14(2,3)4/h9,11-12H,5-8H2,1-4H3/t11-,12-. The van der Waals surface area contributed by atoms with E-state index in [1.165, 1.54) is 25.7 Å². The molecule has 1 fully saturated rings. The molecule has 1 saturated carbocycles. The average Bonchev–Trinajstić information content (AvgIpc) is 2.64. The van der Waals surface area contributed by atoms with Crippen LogP contribution in [-0.4, -0.2) is 4.98 Å². The van der Waals surface area contributed by atoms with Gasteiger partial charge in [-0.3, -0.25) is 0 Å². The summed E-state index contributed by atoms with van der Waals surface area (Å²) in [6.07, 6.45) is 6.94. The molecule has 2 heteroatoms. The first-order valence-electron chi connectivity index (χ1n) is 6.39. The van der Waals surface area contributed by atoms with Crippen molar-refractivity contribution >= 4 is 0 Å². The number of aryl methyl sites for hydroxylation is 1. The maximum atomic E-state index is 5.63. The van der Waals surface area contributed by atoms with Crippen molar-refractivity contribution in [1.82, 2.24) is 4.98 Å². The van der Waals surface area contributed by atoms with Crippen molar-refractivity contribution in [1.29, 1.82) is 0 Å². The highest BCUT2D eigenvalue weighted by Gasteiger charge is 2.31. The van der Waals surface area contributed by atoms with E-state index in [1.807, 2.05) is 13.1 Å². The topological polar surface area (TPSA) is 26.0 Å². The molecule has 1 heterocycles. The minimum Gasteiger partial charge on any atom is -0.446 e. The average molecular weight is 221 g/mol. The largest absolute Gasteiger partial charge is 0.446 e. The highest BCUT2D eigenvalue weighted by molar-refractivity contribution is 4.99. The molecule has 0 radical (unpaired) electrons. The van der Waals surface area contributed by atoms with Crippen LogP contribution in [0.2, 0.25) is 0 Å². The van der Waals surface area contributed by atoms with E-state index in [9.17, 15) is 0 Å². The summed E-state index contributed by atoms with van der Waals surface area (Å²) in [5, 5.41) is 0. The van der Waals surface area contributed by atoms with E-state index >= 15 is 0 Å². The maximum Gasteiger partial charge on any atom is 0.197 e. The van der Waals surface area contributed by atoms with Crippen molar-refractivity contribution in [2.45, 2.75) is 59.3 Å². The van der Waals surface area contributed by atoms with Crippen molar-refractivity contribution in [2.24, 2.45) is 11.3 Å². The summed E-state index contributed by atoms with van der Waals surface area (Å²) in [7, 11) is 0. The summed E-state index contributed by atoms with van der Waals surface area (Å²) in [6.45, 7) is 9.03. The SMILES string of the molecule is Cc1cnc([C@H]2CC[C@H](C(C)(C)C)CC2)o1. The van der Waals surface area contributed by atoms with E-state index in [4.69, 9.17) is 4.42 Å². The first kappa shape index (κ1) is 11.7. The Kier molecular flexibility index (Phi) is 3.09. The molecular weight excluding hydrogens is 198 g/mol. The second kappa shape index (κ2) is 4.23. The van der Waals surface area contributed by atoms with E-state index in [0.29, 0.717) is 11.3 Å². The molecule has 1 aromatic heterocycles. The summed E-state index contributed by atoms with van der Waals surface area (Å²) in [5.74, 6) is 3.32. The summed E-state index contributed by atoms with van der Waals surface area (Å²) >= 11 is 0. The lowest BCUT2D eigenvalue weighted by molar-refractivity contribution is 0.161. The molecule has 0 aliphatic heterocycles. The molecule has 1 aromatic rings. The van der Waals surface area contributed by atoms with Crippen LogP contribution in [0.4, 0.5) is 0 Å². The van der Waals surface area contributed by atoms with Crippen LogP contribution in [0.15, 0.2) is 10.6 Å². The van der Waals surface area contributed by atoms with E-state index in [0.717, 1.165) is 17.6 Å². The Labute approximate surface area is 98.5 Å². The third-order valence-corrected chi connectivity index (χ3v) is 3.94. The van der Waals surface area contributed by atoms with Crippen molar-refractivity contribution < 1.29 is 4.42 Å². The lowest BCUT2D eigenvalue weighted by atomic mass is 9.70. The van der Waals surface area contributed by atoms with Crippen LogP contribution < -0.4 is 0 Å². The number of nitrogens with zero attached hydrogens (tertiary/aromatic N) is 1. The lowest BCUT2D eigenvalue weighted by Crippen LogP contribution is -2.25. The third-order valence-electron chi connectivity index (χ3n) is 3.94. The molecule has 0 saturated heterocycles. The molecule has 0 aromatic carbocycles. The number of oxazole rings is 1. The van der Waals surface area contributed by atoms with Gasteiger partial charge in [0.2, 0.25) is 0 Å².